The first kappa shape index (κ1) is 11.1. The monoisotopic (exact) mass is 235 g/mol. The van der Waals surface area contributed by atoms with Crippen molar-refractivity contribution in [3.05, 3.63) is 72.1 Å². The van der Waals surface area contributed by atoms with E-state index in [0.717, 1.165) is 6.42 Å². The maximum Gasteiger partial charge on any atom is 0.0301 e. The van der Waals surface area contributed by atoms with Gasteiger partial charge in [0.25, 0.3) is 0 Å². The maximum atomic E-state index is 3.53. The summed E-state index contributed by atoms with van der Waals surface area (Å²) in [6.07, 6.45) is 9.84. The molecule has 1 aromatic carbocycles. The molecule has 1 aliphatic carbocycles. The van der Waals surface area contributed by atoms with Crippen molar-refractivity contribution < 1.29 is 0 Å². The zero-order valence-electron chi connectivity index (χ0n) is 10.6. The van der Waals surface area contributed by atoms with Crippen LogP contribution in [0.25, 0.3) is 11.1 Å². The molecular weight excluding hydrogens is 218 g/mol. The van der Waals surface area contributed by atoms with E-state index < -0.39 is 0 Å². The third kappa shape index (κ3) is 2.04. The zero-order chi connectivity index (χ0) is 12.4. The second-order valence-corrected chi connectivity index (χ2v) is 4.80. The summed E-state index contributed by atoms with van der Waals surface area (Å²) in [7, 11) is 0. The quantitative estimate of drug-likeness (QED) is 0.783. The topological polar surface area (TPSA) is 15.8 Å². The summed E-state index contributed by atoms with van der Waals surface area (Å²) in [6.45, 7) is 2.12. The zero-order valence-corrected chi connectivity index (χ0v) is 10.6. The first-order chi connectivity index (χ1) is 8.84. The van der Waals surface area contributed by atoms with Gasteiger partial charge in [-0.1, -0.05) is 54.6 Å². The number of aromatic nitrogens is 1. The van der Waals surface area contributed by atoms with E-state index in [1.54, 1.807) is 0 Å². The lowest BCUT2D eigenvalue weighted by Crippen LogP contribution is -1.98. The number of benzene rings is 1. The van der Waals surface area contributed by atoms with E-state index in [9.17, 15) is 0 Å². The van der Waals surface area contributed by atoms with Gasteiger partial charge in [0.15, 0.2) is 0 Å². The normalized spacial score (nSPS) is 18.2. The highest BCUT2D eigenvalue weighted by Gasteiger charge is 2.16. The van der Waals surface area contributed by atoms with E-state index in [2.05, 4.69) is 72.6 Å². The molecule has 0 fully saturated rings. The van der Waals surface area contributed by atoms with Crippen LogP contribution in [0.3, 0.4) is 0 Å². The van der Waals surface area contributed by atoms with Gasteiger partial charge in [-0.25, -0.2) is 0 Å². The maximum absolute atomic E-state index is 3.53. The molecule has 1 nitrogen and oxygen atoms in total. The third-order valence-corrected chi connectivity index (χ3v) is 3.42. The molecule has 3 rings (SSSR count). The molecule has 2 aromatic rings. The highest BCUT2D eigenvalue weighted by molar-refractivity contribution is 5.68. The Bertz CT molecular complexity index is 587. The van der Waals surface area contributed by atoms with Gasteiger partial charge in [0.1, 0.15) is 0 Å². The van der Waals surface area contributed by atoms with E-state index in [1.165, 1.54) is 22.5 Å². The molecule has 1 heteroatoms. The van der Waals surface area contributed by atoms with Gasteiger partial charge >= 0.3 is 0 Å². The van der Waals surface area contributed by atoms with Gasteiger partial charge < -0.3 is 4.98 Å². The highest BCUT2D eigenvalue weighted by Crippen LogP contribution is 2.33. The lowest BCUT2D eigenvalue weighted by atomic mass is 9.92. The van der Waals surface area contributed by atoms with E-state index in [1.807, 2.05) is 0 Å². The Morgan fingerprint density at radius 1 is 1.11 bits per heavy atom. The fraction of sp³-hybridized carbons (Fsp3) is 0.176. The molecule has 0 amide bonds. The Balaban J connectivity index is 2.05. The molecule has 0 saturated heterocycles. The second-order valence-electron chi connectivity index (χ2n) is 4.80. The summed E-state index contributed by atoms with van der Waals surface area (Å²) in [4.78, 5) is 3.53. The van der Waals surface area contributed by atoms with Crippen molar-refractivity contribution in [2.75, 3.05) is 0 Å². The Labute approximate surface area is 108 Å². The summed E-state index contributed by atoms with van der Waals surface area (Å²) in [5.74, 6) is 0.471. The van der Waals surface area contributed by atoms with Gasteiger partial charge in [-0.05, 0) is 25.0 Å². The van der Waals surface area contributed by atoms with E-state index in [4.69, 9.17) is 0 Å². The molecular formula is C17H17N. The Morgan fingerprint density at radius 3 is 2.67 bits per heavy atom. The van der Waals surface area contributed by atoms with Crippen molar-refractivity contribution >= 4 is 0 Å². The minimum atomic E-state index is 0.471. The molecule has 1 aliphatic rings. The van der Waals surface area contributed by atoms with Crippen LogP contribution in [0.1, 0.15) is 23.7 Å². The van der Waals surface area contributed by atoms with Crippen LogP contribution in [-0.4, -0.2) is 4.98 Å². The van der Waals surface area contributed by atoms with E-state index in [0.29, 0.717) is 5.92 Å². The Morgan fingerprint density at radius 2 is 1.94 bits per heavy atom. The summed E-state index contributed by atoms with van der Waals surface area (Å²) < 4.78 is 0. The summed E-state index contributed by atoms with van der Waals surface area (Å²) in [6, 6.07) is 12.8. The predicted octanol–water partition coefficient (Wildman–Crippen LogP) is 4.59. The number of H-pyrrole nitrogens is 1. The number of hydrogen-bond donors (Lipinski definition) is 1. The number of aromatic amines is 1. The minimum absolute atomic E-state index is 0.471. The van der Waals surface area contributed by atoms with Crippen molar-refractivity contribution in [1.29, 1.82) is 0 Å². The third-order valence-electron chi connectivity index (χ3n) is 3.42. The summed E-state index contributed by atoms with van der Waals surface area (Å²) in [5.41, 5.74) is 5.18. The first-order valence-electron chi connectivity index (χ1n) is 6.43. The van der Waals surface area contributed by atoms with Gasteiger partial charge in [0.05, 0.1) is 0 Å². The molecule has 18 heavy (non-hydrogen) atoms. The summed E-state index contributed by atoms with van der Waals surface area (Å²) in [5, 5.41) is 0. The number of aryl methyl sites for hydroxylation is 1. The average Bonchev–Trinajstić information content (AvgIpc) is 2.83. The van der Waals surface area contributed by atoms with Gasteiger partial charge in [-0.15, -0.1) is 0 Å². The van der Waals surface area contributed by atoms with Crippen molar-refractivity contribution in [2.45, 2.75) is 19.3 Å². The van der Waals surface area contributed by atoms with E-state index >= 15 is 0 Å². The van der Waals surface area contributed by atoms with Crippen molar-refractivity contribution in [3.8, 4) is 11.1 Å². The molecule has 0 spiro atoms. The van der Waals surface area contributed by atoms with Crippen molar-refractivity contribution in [1.82, 2.24) is 4.98 Å². The molecule has 1 unspecified atom stereocenters. The van der Waals surface area contributed by atoms with Crippen LogP contribution in [0.2, 0.25) is 0 Å². The average molecular weight is 235 g/mol. The molecule has 0 bridgehead atoms. The lowest BCUT2D eigenvalue weighted by Gasteiger charge is -2.14. The smallest absolute Gasteiger partial charge is 0.0301 e. The lowest BCUT2D eigenvalue weighted by molar-refractivity contribution is 0.823. The molecule has 0 radical (unpaired) electrons. The SMILES string of the molecule is Cc1cc(-c2ccccc2)c(C2C=CC=CC2)[nH]1. The van der Waals surface area contributed by atoms with Crippen LogP contribution in [0, 0.1) is 6.92 Å². The van der Waals surface area contributed by atoms with Gasteiger partial charge in [0, 0.05) is 22.9 Å². The van der Waals surface area contributed by atoms with Crippen LogP contribution in [0.15, 0.2) is 60.7 Å². The van der Waals surface area contributed by atoms with Crippen LogP contribution >= 0.6 is 0 Å². The molecule has 0 aliphatic heterocycles. The van der Waals surface area contributed by atoms with Crippen molar-refractivity contribution in [3.63, 3.8) is 0 Å². The molecule has 1 aromatic heterocycles. The number of hydrogen-bond acceptors (Lipinski definition) is 0. The largest absolute Gasteiger partial charge is 0.361 e. The molecule has 1 atom stereocenters. The number of rotatable bonds is 2. The van der Waals surface area contributed by atoms with Gasteiger partial charge in [0.2, 0.25) is 0 Å². The fourth-order valence-electron chi connectivity index (χ4n) is 2.55. The predicted molar refractivity (Wildman–Crippen MR) is 76.6 cm³/mol. The van der Waals surface area contributed by atoms with Crippen LogP contribution in [0.4, 0.5) is 0 Å². The summed E-state index contributed by atoms with van der Waals surface area (Å²) >= 11 is 0. The molecule has 0 saturated carbocycles. The Hall–Kier alpha value is -2.02. The van der Waals surface area contributed by atoms with Crippen molar-refractivity contribution in [2.24, 2.45) is 0 Å². The highest BCUT2D eigenvalue weighted by atomic mass is 14.7. The second kappa shape index (κ2) is 4.69. The molecule has 90 valence electrons. The van der Waals surface area contributed by atoms with E-state index in [-0.39, 0.29) is 0 Å². The first-order valence-corrected chi connectivity index (χ1v) is 6.43. The molecule has 1 N–H and O–H groups in total. The van der Waals surface area contributed by atoms with Crippen LogP contribution in [0.5, 0.6) is 0 Å². The van der Waals surface area contributed by atoms with Gasteiger partial charge in [-0.3, -0.25) is 0 Å². The standard InChI is InChI=1S/C17H17N/c1-13-12-16(14-8-4-2-5-9-14)17(18-13)15-10-6-3-7-11-15/h2-10,12,15,18H,11H2,1H3. The number of allylic oxidation sites excluding steroid dienone is 4. The molecule has 1 heterocycles. The van der Waals surface area contributed by atoms with Crippen LogP contribution in [-0.2, 0) is 0 Å². The Kier molecular flexibility index (Phi) is 2.89. The minimum Gasteiger partial charge on any atom is -0.361 e. The van der Waals surface area contributed by atoms with Crippen LogP contribution < -0.4 is 0 Å². The number of nitrogens with one attached hydrogen (secondary N) is 1. The fourth-order valence-corrected chi connectivity index (χ4v) is 2.55. The van der Waals surface area contributed by atoms with Gasteiger partial charge in [-0.2, -0.15) is 0 Å².